The van der Waals surface area contributed by atoms with Crippen molar-refractivity contribution >= 4 is 5.78 Å². The van der Waals surface area contributed by atoms with E-state index in [4.69, 9.17) is 4.74 Å². The van der Waals surface area contributed by atoms with Crippen LogP contribution in [0.1, 0.15) is 50.2 Å². The van der Waals surface area contributed by atoms with Crippen LogP contribution in [0, 0.1) is 11.2 Å². The molecule has 1 aromatic carbocycles. The molecule has 1 aromatic heterocycles. The van der Waals surface area contributed by atoms with Crippen molar-refractivity contribution in [2.45, 2.75) is 40.7 Å². The molecule has 0 atom stereocenters. The number of nitrogens with zero attached hydrogens (tertiary/aromatic N) is 2. The summed E-state index contributed by atoms with van der Waals surface area (Å²) in [4.78, 5) is 19.0. The van der Waals surface area contributed by atoms with E-state index in [1.165, 1.54) is 25.4 Å². The third kappa shape index (κ3) is 6.23. The molecular formula is C19H24FN3O2. The van der Waals surface area contributed by atoms with E-state index in [9.17, 15) is 9.18 Å². The molecule has 0 radical (unpaired) electrons. The monoisotopic (exact) mass is 345 g/mol. The predicted molar refractivity (Wildman–Crippen MR) is 94.3 cm³/mol. The standard InChI is InChI=1S/C19H24FN3O2/c1-13(24)16-11-23-18(12-22-16)25-17-6-5-14(9-15(17)20)10-21-8-7-19(2,3)4/h5-6,9,11-12,21H,7-8,10H2,1-4H3. The number of carbonyl (C=O) groups excluding carboxylic acids is 1. The minimum Gasteiger partial charge on any atom is -0.434 e. The Kier molecular flexibility index (Phi) is 6.20. The first-order valence-electron chi connectivity index (χ1n) is 8.24. The van der Waals surface area contributed by atoms with Crippen LogP contribution in [0.15, 0.2) is 30.6 Å². The molecule has 0 unspecified atom stereocenters. The summed E-state index contributed by atoms with van der Waals surface area (Å²) in [6.07, 6.45) is 3.66. The maximum absolute atomic E-state index is 14.2. The summed E-state index contributed by atoms with van der Waals surface area (Å²) < 4.78 is 19.6. The Labute approximate surface area is 147 Å². The van der Waals surface area contributed by atoms with Crippen LogP contribution in [0.2, 0.25) is 0 Å². The maximum atomic E-state index is 14.2. The third-order valence-corrected chi connectivity index (χ3v) is 3.58. The van der Waals surface area contributed by atoms with Gasteiger partial charge in [-0.1, -0.05) is 26.8 Å². The highest BCUT2D eigenvalue weighted by Crippen LogP contribution is 2.23. The molecule has 6 heteroatoms. The van der Waals surface area contributed by atoms with Crippen LogP contribution in [0.4, 0.5) is 4.39 Å². The van der Waals surface area contributed by atoms with Crippen LogP contribution >= 0.6 is 0 Å². The molecule has 2 rings (SSSR count). The average molecular weight is 345 g/mol. The molecule has 25 heavy (non-hydrogen) atoms. The van der Waals surface area contributed by atoms with Crippen molar-refractivity contribution in [3.05, 3.63) is 47.7 Å². The molecule has 0 bridgehead atoms. The van der Waals surface area contributed by atoms with Crippen molar-refractivity contribution in [2.24, 2.45) is 5.41 Å². The second-order valence-electron chi connectivity index (χ2n) is 7.15. The number of ether oxygens (including phenoxy) is 1. The number of halogens is 1. The first kappa shape index (κ1) is 19.0. The first-order valence-corrected chi connectivity index (χ1v) is 8.24. The van der Waals surface area contributed by atoms with E-state index in [1.54, 1.807) is 12.1 Å². The van der Waals surface area contributed by atoms with Crippen LogP contribution in [0.5, 0.6) is 11.6 Å². The van der Waals surface area contributed by atoms with Gasteiger partial charge in [0.05, 0.1) is 12.4 Å². The Morgan fingerprint density at radius 2 is 2.00 bits per heavy atom. The summed E-state index contributed by atoms with van der Waals surface area (Å²) >= 11 is 0. The lowest BCUT2D eigenvalue weighted by Crippen LogP contribution is -2.20. The van der Waals surface area contributed by atoms with Crippen LogP contribution in [-0.4, -0.2) is 22.3 Å². The number of Topliss-reactive ketones (excluding diaryl/α,β-unsaturated/α-hetero) is 1. The van der Waals surface area contributed by atoms with Crippen LogP contribution < -0.4 is 10.1 Å². The van der Waals surface area contributed by atoms with Crippen LogP contribution in [-0.2, 0) is 6.54 Å². The Hall–Kier alpha value is -2.34. The van der Waals surface area contributed by atoms with Crippen LogP contribution in [0.25, 0.3) is 0 Å². The number of ketones is 1. The Balaban J connectivity index is 1.93. The van der Waals surface area contributed by atoms with Crippen molar-refractivity contribution in [3.8, 4) is 11.6 Å². The molecule has 1 heterocycles. The molecule has 0 spiro atoms. The number of benzene rings is 1. The summed E-state index contributed by atoms with van der Waals surface area (Å²) in [6, 6.07) is 4.81. The van der Waals surface area contributed by atoms with Crippen molar-refractivity contribution in [1.29, 1.82) is 0 Å². The Morgan fingerprint density at radius 3 is 2.56 bits per heavy atom. The average Bonchev–Trinajstić information content (AvgIpc) is 2.53. The van der Waals surface area contributed by atoms with Crippen molar-refractivity contribution in [3.63, 3.8) is 0 Å². The largest absolute Gasteiger partial charge is 0.434 e. The molecule has 134 valence electrons. The van der Waals surface area contributed by atoms with Gasteiger partial charge in [0, 0.05) is 13.5 Å². The van der Waals surface area contributed by atoms with Crippen molar-refractivity contribution in [2.75, 3.05) is 6.54 Å². The Morgan fingerprint density at radius 1 is 1.24 bits per heavy atom. The smallest absolute Gasteiger partial charge is 0.238 e. The second-order valence-corrected chi connectivity index (χ2v) is 7.15. The van der Waals surface area contributed by atoms with Crippen molar-refractivity contribution in [1.82, 2.24) is 15.3 Å². The zero-order chi connectivity index (χ0) is 18.4. The molecule has 2 aromatic rings. The summed E-state index contributed by atoms with van der Waals surface area (Å²) in [7, 11) is 0. The summed E-state index contributed by atoms with van der Waals surface area (Å²) in [5.41, 5.74) is 1.36. The van der Waals surface area contributed by atoms with E-state index in [-0.39, 0.29) is 28.5 Å². The summed E-state index contributed by atoms with van der Waals surface area (Å²) in [5.74, 6) is -0.440. The van der Waals surface area contributed by atoms with E-state index in [0.717, 1.165) is 18.5 Å². The molecule has 0 amide bonds. The normalized spacial score (nSPS) is 11.4. The number of carbonyl (C=O) groups is 1. The maximum Gasteiger partial charge on any atom is 0.238 e. The minimum absolute atomic E-state index is 0.0725. The fourth-order valence-electron chi connectivity index (χ4n) is 2.10. The van der Waals surface area contributed by atoms with E-state index in [0.29, 0.717) is 6.54 Å². The van der Waals surface area contributed by atoms with Gasteiger partial charge in [-0.2, -0.15) is 0 Å². The Bertz CT molecular complexity index is 724. The van der Waals surface area contributed by atoms with E-state index in [2.05, 4.69) is 36.1 Å². The lowest BCUT2D eigenvalue weighted by atomic mass is 9.92. The lowest BCUT2D eigenvalue weighted by Gasteiger charge is -2.18. The highest BCUT2D eigenvalue weighted by molar-refractivity contribution is 5.91. The second kappa shape index (κ2) is 8.16. The molecule has 0 aliphatic carbocycles. The fourth-order valence-corrected chi connectivity index (χ4v) is 2.10. The number of hydrogen-bond donors (Lipinski definition) is 1. The third-order valence-electron chi connectivity index (χ3n) is 3.58. The zero-order valence-electron chi connectivity index (χ0n) is 15.1. The topological polar surface area (TPSA) is 64.1 Å². The van der Waals surface area contributed by atoms with Gasteiger partial charge < -0.3 is 10.1 Å². The first-order chi connectivity index (χ1) is 11.7. The van der Waals surface area contributed by atoms with Gasteiger partial charge in [0.1, 0.15) is 5.69 Å². The molecule has 0 saturated heterocycles. The minimum atomic E-state index is -0.465. The van der Waals surface area contributed by atoms with Crippen LogP contribution in [0.3, 0.4) is 0 Å². The van der Waals surface area contributed by atoms with Gasteiger partial charge in [0.25, 0.3) is 0 Å². The number of aromatic nitrogens is 2. The van der Waals surface area contributed by atoms with Crippen molar-refractivity contribution < 1.29 is 13.9 Å². The van der Waals surface area contributed by atoms with Gasteiger partial charge in [-0.25, -0.2) is 14.4 Å². The molecule has 5 nitrogen and oxygen atoms in total. The van der Waals surface area contributed by atoms with Gasteiger partial charge in [-0.05, 0) is 36.1 Å². The SMILES string of the molecule is CC(=O)c1cnc(Oc2ccc(CNCCC(C)(C)C)cc2F)cn1. The van der Waals surface area contributed by atoms with E-state index < -0.39 is 5.82 Å². The molecule has 0 aliphatic rings. The number of rotatable bonds is 7. The molecule has 0 saturated carbocycles. The lowest BCUT2D eigenvalue weighted by molar-refractivity contribution is 0.101. The molecule has 0 fully saturated rings. The number of nitrogens with one attached hydrogen (secondary N) is 1. The predicted octanol–water partition coefficient (Wildman–Crippen LogP) is 4.14. The zero-order valence-corrected chi connectivity index (χ0v) is 15.1. The van der Waals surface area contributed by atoms with E-state index in [1.807, 2.05) is 0 Å². The molecule has 1 N–H and O–H groups in total. The number of hydrogen-bond acceptors (Lipinski definition) is 5. The van der Waals surface area contributed by atoms with Gasteiger partial charge in [-0.15, -0.1) is 0 Å². The molecule has 0 aliphatic heterocycles. The fraction of sp³-hybridized carbons (Fsp3) is 0.421. The van der Waals surface area contributed by atoms with Gasteiger partial charge in [0.15, 0.2) is 17.3 Å². The highest BCUT2D eigenvalue weighted by Gasteiger charge is 2.10. The molecular weight excluding hydrogens is 321 g/mol. The highest BCUT2D eigenvalue weighted by atomic mass is 19.1. The quantitative estimate of drug-likeness (QED) is 0.604. The summed E-state index contributed by atoms with van der Waals surface area (Å²) in [6.45, 7) is 9.44. The summed E-state index contributed by atoms with van der Waals surface area (Å²) in [5, 5.41) is 3.31. The van der Waals surface area contributed by atoms with E-state index >= 15 is 0 Å². The van der Waals surface area contributed by atoms with Gasteiger partial charge >= 0.3 is 0 Å². The van der Waals surface area contributed by atoms with Gasteiger partial charge in [-0.3, -0.25) is 4.79 Å². The van der Waals surface area contributed by atoms with Gasteiger partial charge in [0.2, 0.25) is 5.88 Å².